The molecule has 0 aliphatic heterocycles. The molecule has 29 heavy (non-hydrogen) atoms. The van der Waals surface area contributed by atoms with Crippen molar-refractivity contribution < 1.29 is 22.3 Å². The number of rotatable bonds is 7. The van der Waals surface area contributed by atoms with Gasteiger partial charge in [-0.25, -0.2) is 9.37 Å². The van der Waals surface area contributed by atoms with Gasteiger partial charge in [0.25, 0.3) is 0 Å². The molecule has 2 aromatic carbocycles. The second-order valence-electron chi connectivity index (χ2n) is 6.09. The van der Waals surface area contributed by atoms with Crippen LogP contribution in [0.4, 0.5) is 40.7 Å². The fraction of sp³-hybridized carbons (Fsp3) is 0.200. The third-order valence-corrected chi connectivity index (χ3v) is 3.76. The van der Waals surface area contributed by atoms with E-state index in [9.17, 15) is 17.6 Å². The van der Waals surface area contributed by atoms with Gasteiger partial charge in [0.05, 0.1) is 6.61 Å². The Morgan fingerprint density at radius 3 is 2.41 bits per heavy atom. The molecule has 0 saturated heterocycles. The number of hydrogen-bond acceptors (Lipinski definition) is 5. The van der Waals surface area contributed by atoms with Crippen molar-refractivity contribution in [2.24, 2.45) is 0 Å². The summed E-state index contributed by atoms with van der Waals surface area (Å²) in [6.45, 7) is 2.58. The summed E-state index contributed by atoms with van der Waals surface area (Å²) < 4.78 is 58.8. The van der Waals surface area contributed by atoms with Crippen LogP contribution in [0, 0.1) is 5.82 Å². The Hall–Kier alpha value is -3.36. The van der Waals surface area contributed by atoms with Gasteiger partial charge in [0.1, 0.15) is 22.9 Å². The van der Waals surface area contributed by atoms with E-state index in [2.05, 4.69) is 20.6 Å². The largest absolute Gasteiger partial charge is 0.494 e. The summed E-state index contributed by atoms with van der Waals surface area (Å²) in [6.07, 6.45) is -3.12. The van der Waals surface area contributed by atoms with E-state index in [4.69, 9.17) is 4.74 Å². The van der Waals surface area contributed by atoms with Crippen molar-refractivity contribution in [1.29, 1.82) is 0 Å². The second kappa shape index (κ2) is 8.76. The van der Waals surface area contributed by atoms with Gasteiger partial charge in [-0.1, -0.05) is 13.0 Å². The summed E-state index contributed by atoms with van der Waals surface area (Å²) in [7, 11) is 0. The van der Waals surface area contributed by atoms with Gasteiger partial charge in [0.15, 0.2) is 0 Å². The first-order valence-corrected chi connectivity index (χ1v) is 8.82. The highest BCUT2D eigenvalue weighted by atomic mass is 19.4. The maximum Gasteiger partial charge on any atom is 0.421 e. The zero-order valence-electron chi connectivity index (χ0n) is 15.4. The predicted molar refractivity (Wildman–Crippen MR) is 102 cm³/mol. The lowest BCUT2D eigenvalue weighted by atomic mass is 10.2. The highest BCUT2D eigenvalue weighted by Gasteiger charge is 2.35. The standard InChI is InChI=1S/C20H18F4N4O/c1-2-10-29-16-8-6-14(7-9-16)27-19-25-12-17(20(22,23)24)18(28-19)26-15-5-3-4-13(21)11-15/h3-9,11-12H,2,10H2,1H3,(H2,25,26,27,28). The zero-order valence-corrected chi connectivity index (χ0v) is 15.4. The molecule has 0 radical (unpaired) electrons. The molecule has 0 aliphatic rings. The Morgan fingerprint density at radius 1 is 1.00 bits per heavy atom. The topological polar surface area (TPSA) is 59.1 Å². The monoisotopic (exact) mass is 406 g/mol. The zero-order chi connectivity index (χ0) is 20.9. The molecule has 1 aromatic heterocycles. The second-order valence-corrected chi connectivity index (χ2v) is 6.09. The molecule has 3 rings (SSSR count). The van der Waals surface area contributed by atoms with Crippen molar-refractivity contribution >= 4 is 23.1 Å². The maximum atomic E-state index is 13.4. The first kappa shape index (κ1) is 20.4. The fourth-order valence-corrected chi connectivity index (χ4v) is 2.43. The van der Waals surface area contributed by atoms with Crippen LogP contribution in [-0.4, -0.2) is 16.6 Å². The number of hydrogen-bond donors (Lipinski definition) is 2. The molecule has 0 spiro atoms. The molecule has 5 nitrogen and oxygen atoms in total. The Labute approximate surface area is 164 Å². The van der Waals surface area contributed by atoms with Crippen LogP contribution in [0.15, 0.2) is 54.7 Å². The maximum absolute atomic E-state index is 13.4. The van der Waals surface area contributed by atoms with Crippen LogP contribution in [0.1, 0.15) is 18.9 Å². The molecule has 0 fully saturated rings. The highest BCUT2D eigenvalue weighted by molar-refractivity contribution is 5.63. The van der Waals surface area contributed by atoms with Crippen LogP contribution in [0.3, 0.4) is 0 Å². The molecule has 152 valence electrons. The Bertz CT molecular complexity index is 961. The number of alkyl halides is 3. The number of nitrogens with one attached hydrogen (secondary N) is 2. The van der Waals surface area contributed by atoms with Crippen molar-refractivity contribution in [3.8, 4) is 5.75 Å². The van der Waals surface area contributed by atoms with Gasteiger partial charge in [0.2, 0.25) is 5.95 Å². The van der Waals surface area contributed by atoms with Crippen LogP contribution in [0.25, 0.3) is 0 Å². The lowest BCUT2D eigenvalue weighted by Gasteiger charge is -2.15. The van der Waals surface area contributed by atoms with Crippen LogP contribution >= 0.6 is 0 Å². The van der Waals surface area contributed by atoms with Gasteiger partial charge in [0, 0.05) is 17.6 Å². The van der Waals surface area contributed by atoms with E-state index in [0.29, 0.717) is 24.2 Å². The summed E-state index contributed by atoms with van der Waals surface area (Å²) in [5.74, 6) is -0.428. The molecule has 3 aromatic rings. The van der Waals surface area contributed by atoms with Gasteiger partial charge in [-0.2, -0.15) is 18.2 Å². The van der Waals surface area contributed by atoms with Gasteiger partial charge < -0.3 is 15.4 Å². The molecule has 9 heteroatoms. The van der Waals surface area contributed by atoms with E-state index >= 15 is 0 Å². The molecule has 2 N–H and O–H groups in total. The van der Waals surface area contributed by atoms with Crippen molar-refractivity contribution in [2.45, 2.75) is 19.5 Å². The number of anilines is 4. The minimum Gasteiger partial charge on any atom is -0.494 e. The van der Waals surface area contributed by atoms with Crippen LogP contribution in [0.5, 0.6) is 5.75 Å². The normalized spacial score (nSPS) is 11.2. The third kappa shape index (κ3) is 5.56. The smallest absolute Gasteiger partial charge is 0.421 e. The number of aromatic nitrogens is 2. The summed E-state index contributed by atoms with van der Waals surface area (Å²) in [5.41, 5.74) is -0.349. The van der Waals surface area contributed by atoms with Crippen molar-refractivity contribution in [2.75, 3.05) is 17.2 Å². The summed E-state index contributed by atoms with van der Waals surface area (Å²) in [5, 5.41) is 5.35. The van der Waals surface area contributed by atoms with E-state index in [1.165, 1.54) is 18.2 Å². The molecule has 0 amide bonds. The van der Waals surface area contributed by atoms with Crippen molar-refractivity contribution in [3.63, 3.8) is 0 Å². The summed E-state index contributed by atoms with van der Waals surface area (Å²) in [4.78, 5) is 7.67. The van der Waals surface area contributed by atoms with E-state index in [-0.39, 0.29) is 11.6 Å². The SMILES string of the molecule is CCCOc1ccc(Nc2ncc(C(F)(F)F)c(Nc3cccc(F)c3)n2)cc1. The number of ether oxygens (including phenoxy) is 1. The molecule has 0 atom stereocenters. The number of halogens is 4. The quantitative estimate of drug-likeness (QED) is 0.478. The van der Waals surface area contributed by atoms with Crippen LogP contribution in [-0.2, 0) is 6.18 Å². The van der Waals surface area contributed by atoms with Crippen molar-refractivity contribution in [1.82, 2.24) is 9.97 Å². The Kier molecular flexibility index (Phi) is 6.16. The van der Waals surface area contributed by atoms with E-state index in [0.717, 1.165) is 12.5 Å². The molecule has 1 heterocycles. The molecule has 0 saturated carbocycles. The molecular weight excluding hydrogens is 388 g/mol. The van der Waals surface area contributed by atoms with E-state index < -0.39 is 23.4 Å². The lowest BCUT2D eigenvalue weighted by Crippen LogP contribution is -2.12. The first-order chi connectivity index (χ1) is 13.8. The van der Waals surface area contributed by atoms with E-state index in [1.807, 2.05) is 6.92 Å². The minimum absolute atomic E-state index is 0.0425. The highest BCUT2D eigenvalue weighted by Crippen LogP contribution is 2.35. The van der Waals surface area contributed by atoms with Gasteiger partial charge in [-0.15, -0.1) is 0 Å². The predicted octanol–water partition coefficient (Wildman–Crippen LogP) is 5.91. The molecule has 0 aliphatic carbocycles. The molecular formula is C20H18F4N4O. The molecule has 0 unspecified atom stereocenters. The average Bonchev–Trinajstić information content (AvgIpc) is 2.67. The Morgan fingerprint density at radius 2 is 1.76 bits per heavy atom. The van der Waals surface area contributed by atoms with Gasteiger partial charge in [-0.05, 0) is 48.9 Å². The number of nitrogens with zero attached hydrogens (tertiary/aromatic N) is 2. The van der Waals surface area contributed by atoms with Crippen LogP contribution < -0.4 is 15.4 Å². The molecule has 0 bridgehead atoms. The van der Waals surface area contributed by atoms with Gasteiger partial charge in [-0.3, -0.25) is 0 Å². The fourth-order valence-electron chi connectivity index (χ4n) is 2.43. The minimum atomic E-state index is -4.67. The van der Waals surface area contributed by atoms with Crippen LogP contribution in [0.2, 0.25) is 0 Å². The number of benzene rings is 2. The summed E-state index contributed by atoms with van der Waals surface area (Å²) >= 11 is 0. The van der Waals surface area contributed by atoms with Gasteiger partial charge >= 0.3 is 6.18 Å². The lowest BCUT2D eigenvalue weighted by molar-refractivity contribution is -0.137. The van der Waals surface area contributed by atoms with E-state index in [1.54, 1.807) is 24.3 Å². The summed E-state index contributed by atoms with van der Waals surface area (Å²) in [6, 6.07) is 11.9. The first-order valence-electron chi connectivity index (χ1n) is 8.82. The average molecular weight is 406 g/mol. The third-order valence-electron chi connectivity index (χ3n) is 3.76. The Balaban J connectivity index is 1.84. The van der Waals surface area contributed by atoms with Crippen molar-refractivity contribution in [3.05, 3.63) is 66.1 Å².